The van der Waals surface area contributed by atoms with Crippen molar-refractivity contribution >= 4 is 41.7 Å². The highest BCUT2D eigenvalue weighted by atomic mass is 127. The maximum Gasteiger partial charge on any atom is 0.293 e. The number of nitrogens with one attached hydrogen (secondary N) is 1. The van der Waals surface area contributed by atoms with Gasteiger partial charge in [0.2, 0.25) is 5.91 Å². The predicted octanol–water partition coefficient (Wildman–Crippen LogP) is 0.497. The Kier molecular flexibility index (Phi) is 8.72. The number of rotatable bonds is 4. The molecule has 162 valence electrons. The minimum Gasteiger partial charge on any atom is -0.353 e. The van der Waals surface area contributed by atoms with E-state index in [1.807, 2.05) is 4.90 Å². The number of aryl methyl sites for hydroxylation is 1. The summed E-state index contributed by atoms with van der Waals surface area (Å²) in [5.41, 5.74) is -0.0782. The monoisotopic (exact) mass is 517 g/mol. The number of guanidine groups is 1. The van der Waals surface area contributed by atoms with Crippen molar-refractivity contribution in [2.45, 2.75) is 31.7 Å². The SMILES string of the molecule is CN(C)C(=O)CN=C(NC1CCCC1)N1CCN(c2nccn(C)c2=O)CC1.I. The molecule has 1 aliphatic carbocycles. The van der Waals surface area contributed by atoms with Crippen LogP contribution in [-0.2, 0) is 11.8 Å². The number of nitrogens with zero attached hydrogens (tertiary/aromatic N) is 6. The maximum atomic E-state index is 12.3. The predicted molar refractivity (Wildman–Crippen MR) is 125 cm³/mol. The molecule has 0 bridgehead atoms. The van der Waals surface area contributed by atoms with Crippen molar-refractivity contribution in [3.8, 4) is 0 Å². The number of aromatic nitrogens is 2. The average molecular weight is 517 g/mol. The molecule has 0 unspecified atom stereocenters. The van der Waals surface area contributed by atoms with Crippen LogP contribution in [0.5, 0.6) is 0 Å². The van der Waals surface area contributed by atoms with Crippen LogP contribution in [0.3, 0.4) is 0 Å². The van der Waals surface area contributed by atoms with Gasteiger partial charge in [-0.3, -0.25) is 9.59 Å². The van der Waals surface area contributed by atoms with E-state index in [1.165, 1.54) is 12.8 Å². The van der Waals surface area contributed by atoms with Gasteiger partial charge in [-0.05, 0) is 12.8 Å². The first-order chi connectivity index (χ1) is 13.5. The van der Waals surface area contributed by atoms with Crippen LogP contribution in [0.2, 0.25) is 0 Å². The fourth-order valence-electron chi connectivity index (χ4n) is 3.61. The molecule has 1 N–H and O–H groups in total. The van der Waals surface area contributed by atoms with Crippen LogP contribution in [0.4, 0.5) is 5.82 Å². The topological polar surface area (TPSA) is 86.1 Å². The van der Waals surface area contributed by atoms with Gasteiger partial charge >= 0.3 is 0 Å². The summed E-state index contributed by atoms with van der Waals surface area (Å²) in [6.07, 6.45) is 8.08. The zero-order valence-corrected chi connectivity index (χ0v) is 19.8. The van der Waals surface area contributed by atoms with Gasteiger partial charge in [0.15, 0.2) is 11.8 Å². The average Bonchev–Trinajstić information content (AvgIpc) is 3.20. The summed E-state index contributed by atoms with van der Waals surface area (Å²) in [6.45, 7) is 2.99. The molecule has 2 fully saturated rings. The van der Waals surface area contributed by atoms with E-state index in [2.05, 4.69) is 20.2 Å². The van der Waals surface area contributed by atoms with Crippen LogP contribution in [0, 0.1) is 0 Å². The van der Waals surface area contributed by atoms with Gasteiger partial charge in [0, 0.05) is 65.8 Å². The minimum absolute atomic E-state index is 0. The lowest BCUT2D eigenvalue weighted by molar-refractivity contribution is -0.127. The van der Waals surface area contributed by atoms with Crippen molar-refractivity contribution in [1.29, 1.82) is 0 Å². The molecule has 0 spiro atoms. The van der Waals surface area contributed by atoms with Crippen molar-refractivity contribution in [2.24, 2.45) is 12.0 Å². The first-order valence-electron chi connectivity index (χ1n) is 9.98. The third-order valence-corrected chi connectivity index (χ3v) is 5.43. The summed E-state index contributed by atoms with van der Waals surface area (Å²) in [5, 5.41) is 3.56. The summed E-state index contributed by atoms with van der Waals surface area (Å²) in [5.74, 6) is 1.28. The standard InChI is InChI=1S/C19H31N7O2.HI/c1-23(2)16(27)14-21-19(22-15-6-4-5-7-15)26-12-10-25(11-13-26)17-18(28)24(3)9-8-20-17;/h8-9,15H,4-7,10-14H2,1-3H3,(H,21,22);1H. The van der Waals surface area contributed by atoms with Crippen LogP contribution < -0.4 is 15.8 Å². The Bertz CT molecular complexity index is 766. The van der Waals surface area contributed by atoms with Crippen molar-refractivity contribution in [3.05, 3.63) is 22.7 Å². The van der Waals surface area contributed by atoms with E-state index in [-0.39, 0.29) is 42.0 Å². The van der Waals surface area contributed by atoms with E-state index in [1.54, 1.807) is 43.0 Å². The third kappa shape index (κ3) is 6.06. The van der Waals surface area contributed by atoms with Gasteiger partial charge in [0.1, 0.15) is 6.54 Å². The molecular weight excluding hydrogens is 485 g/mol. The molecule has 1 amide bonds. The summed E-state index contributed by atoms with van der Waals surface area (Å²) in [4.78, 5) is 39.0. The largest absolute Gasteiger partial charge is 0.353 e. The number of piperazine rings is 1. The molecule has 1 aromatic heterocycles. The second-order valence-electron chi connectivity index (χ2n) is 7.69. The quantitative estimate of drug-likeness (QED) is 0.356. The number of halogens is 1. The lowest BCUT2D eigenvalue weighted by atomic mass is 10.2. The van der Waals surface area contributed by atoms with Crippen LogP contribution >= 0.6 is 24.0 Å². The second kappa shape index (κ2) is 10.8. The molecule has 2 heterocycles. The highest BCUT2D eigenvalue weighted by Crippen LogP contribution is 2.18. The number of carbonyl (C=O) groups excluding carboxylic acids is 1. The highest BCUT2D eigenvalue weighted by Gasteiger charge is 2.25. The van der Waals surface area contributed by atoms with E-state index >= 15 is 0 Å². The van der Waals surface area contributed by atoms with Gasteiger partial charge in [-0.25, -0.2) is 9.98 Å². The molecule has 1 aromatic rings. The Labute approximate surface area is 189 Å². The molecule has 10 heteroatoms. The van der Waals surface area contributed by atoms with E-state index in [0.29, 0.717) is 24.9 Å². The highest BCUT2D eigenvalue weighted by molar-refractivity contribution is 14.0. The smallest absolute Gasteiger partial charge is 0.293 e. The number of carbonyl (C=O) groups is 1. The number of hydrogen-bond donors (Lipinski definition) is 1. The van der Waals surface area contributed by atoms with Crippen molar-refractivity contribution in [2.75, 3.05) is 51.7 Å². The minimum atomic E-state index is -0.0782. The van der Waals surface area contributed by atoms with E-state index < -0.39 is 0 Å². The zero-order valence-electron chi connectivity index (χ0n) is 17.5. The zero-order chi connectivity index (χ0) is 20.1. The molecule has 1 saturated heterocycles. The molecule has 0 radical (unpaired) electrons. The van der Waals surface area contributed by atoms with E-state index in [9.17, 15) is 9.59 Å². The van der Waals surface area contributed by atoms with Crippen molar-refractivity contribution in [1.82, 2.24) is 24.7 Å². The van der Waals surface area contributed by atoms with Crippen LogP contribution in [-0.4, -0.2) is 84.1 Å². The molecule has 2 aliphatic rings. The molecule has 1 aliphatic heterocycles. The maximum absolute atomic E-state index is 12.3. The Morgan fingerprint density at radius 2 is 1.90 bits per heavy atom. The van der Waals surface area contributed by atoms with E-state index in [0.717, 1.165) is 31.9 Å². The fourth-order valence-corrected chi connectivity index (χ4v) is 3.61. The van der Waals surface area contributed by atoms with Crippen molar-refractivity contribution in [3.63, 3.8) is 0 Å². The fraction of sp³-hybridized carbons (Fsp3) is 0.684. The summed E-state index contributed by atoms with van der Waals surface area (Å²) >= 11 is 0. The number of hydrogen-bond acceptors (Lipinski definition) is 5. The van der Waals surface area contributed by atoms with Crippen molar-refractivity contribution < 1.29 is 4.79 Å². The summed E-state index contributed by atoms with van der Waals surface area (Å²) < 4.78 is 1.55. The summed E-state index contributed by atoms with van der Waals surface area (Å²) in [7, 11) is 5.23. The molecule has 1 saturated carbocycles. The molecular formula is C19H32IN7O2. The first kappa shape index (κ1) is 23.4. The van der Waals surface area contributed by atoms with Gasteiger partial charge in [0.05, 0.1) is 0 Å². The molecule has 29 heavy (non-hydrogen) atoms. The normalized spacial score (nSPS) is 17.8. The number of likely N-dealkylation sites (N-methyl/N-ethyl adjacent to an activating group) is 1. The van der Waals surface area contributed by atoms with Gasteiger partial charge in [0.25, 0.3) is 5.56 Å². The van der Waals surface area contributed by atoms with Gasteiger partial charge < -0.3 is 24.6 Å². The molecule has 0 atom stereocenters. The van der Waals surface area contributed by atoms with Crippen LogP contribution in [0.25, 0.3) is 0 Å². The summed E-state index contributed by atoms with van der Waals surface area (Å²) in [6, 6.07) is 0.425. The Morgan fingerprint density at radius 3 is 2.52 bits per heavy atom. The Hall–Kier alpha value is -1.85. The van der Waals surface area contributed by atoms with Gasteiger partial charge in [-0.1, -0.05) is 12.8 Å². The van der Waals surface area contributed by atoms with Crippen LogP contribution in [0.15, 0.2) is 22.2 Å². The number of aliphatic imine (C=N–C) groups is 1. The lowest BCUT2D eigenvalue weighted by Gasteiger charge is -2.37. The second-order valence-corrected chi connectivity index (χ2v) is 7.69. The third-order valence-electron chi connectivity index (χ3n) is 5.43. The lowest BCUT2D eigenvalue weighted by Crippen LogP contribution is -2.55. The molecule has 3 rings (SSSR count). The number of amides is 1. The van der Waals surface area contributed by atoms with Crippen LogP contribution in [0.1, 0.15) is 25.7 Å². The van der Waals surface area contributed by atoms with Gasteiger partial charge in [-0.2, -0.15) is 0 Å². The van der Waals surface area contributed by atoms with E-state index in [4.69, 9.17) is 0 Å². The number of anilines is 1. The first-order valence-corrected chi connectivity index (χ1v) is 9.98. The van der Waals surface area contributed by atoms with Gasteiger partial charge in [-0.15, -0.1) is 24.0 Å². The Morgan fingerprint density at radius 1 is 1.24 bits per heavy atom. The molecule has 9 nitrogen and oxygen atoms in total. The Balaban J connectivity index is 0.00000300. The molecule has 0 aromatic carbocycles.